The Morgan fingerprint density at radius 3 is 2.67 bits per heavy atom. The summed E-state index contributed by atoms with van der Waals surface area (Å²) < 4.78 is 9.60. The number of carbonyl (C=O) groups excluding carboxylic acids is 1. The number of hydrogen-bond donors (Lipinski definition) is 0. The van der Waals surface area contributed by atoms with E-state index in [1.165, 1.54) is 0 Å². The van der Waals surface area contributed by atoms with Gasteiger partial charge in [-0.05, 0) is 6.42 Å². The SMILES string of the molecule is CCCC(C)C(=O)COCOC. The minimum atomic E-state index is 0.117. The lowest BCUT2D eigenvalue weighted by molar-refractivity contribution is -0.131. The van der Waals surface area contributed by atoms with Gasteiger partial charge in [-0.15, -0.1) is 0 Å². The van der Waals surface area contributed by atoms with Gasteiger partial charge in [0, 0.05) is 13.0 Å². The first-order valence-corrected chi connectivity index (χ1v) is 4.31. The fourth-order valence-electron chi connectivity index (χ4n) is 0.962. The third-order valence-electron chi connectivity index (χ3n) is 1.72. The average Bonchev–Trinajstić information content (AvgIpc) is 2.05. The van der Waals surface area contributed by atoms with Crippen molar-refractivity contribution >= 4 is 5.78 Å². The Balaban J connectivity index is 3.43. The molecule has 0 aliphatic carbocycles. The highest BCUT2D eigenvalue weighted by molar-refractivity contribution is 5.81. The van der Waals surface area contributed by atoms with Gasteiger partial charge in [0.15, 0.2) is 5.78 Å². The predicted octanol–water partition coefficient (Wildman–Crippen LogP) is 1.61. The predicted molar refractivity (Wildman–Crippen MR) is 46.9 cm³/mol. The van der Waals surface area contributed by atoms with Crippen LogP contribution in [0.5, 0.6) is 0 Å². The van der Waals surface area contributed by atoms with Crippen molar-refractivity contribution in [3.63, 3.8) is 0 Å². The summed E-state index contributed by atoms with van der Waals surface area (Å²) in [6.07, 6.45) is 1.98. The number of ether oxygens (including phenoxy) is 2. The highest BCUT2D eigenvalue weighted by atomic mass is 16.7. The second-order valence-corrected chi connectivity index (χ2v) is 2.91. The van der Waals surface area contributed by atoms with E-state index >= 15 is 0 Å². The van der Waals surface area contributed by atoms with Crippen LogP contribution in [-0.4, -0.2) is 26.3 Å². The van der Waals surface area contributed by atoms with Gasteiger partial charge in [0.2, 0.25) is 0 Å². The van der Waals surface area contributed by atoms with Gasteiger partial charge in [-0.3, -0.25) is 4.79 Å². The fourth-order valence-corrected chi connectivity index (χ4v) is 0.962. The van der Waals surface area contributed by atoms with E-state index in [1.54, 1.807) is 7.11 Å². The molecule has 1 unspecified atom stereocenters. The molecule has 0 amide bonds. The van der Waals surface area contributed by atoms with Crippen LogP contribution in [0.15, 0.2) is 0 Å². The standard InChI is InChI=1S/C9H18O3/c1-4-5-8(2)9(10)6-12-7-11-3/h8H,4-7H2,1-3H3. The van der Waals surface area contributed by atoms with Gasteiger partial charge in [0.05, 0.1) is 0 Å². The maximum absolute atomic E-state index is 11.2. The maximum atomic E-state index is 11.2. The molecular weight excluding hydrogens is 156 g/mol. The number of rotatable bonds is 7. The van der Waals surface area contributed by atoms with Crippen LogP contribution in [-0.2, 0) is 14.3 Å². The van der Waals surface area contributed by atoms with Crippen molar-refractivity contribution in [3.05, 3.63) is 0 Å². The van der Waals surface area contributed by atoms with Crippen molar-refractivity contribution in [1.82, 2.24) is 0 Å². The van der Waals surface area contributed by atoms with Crippen LogP contribution in [0.2, 0.25) is 0 Å². The average molecular weight is 174 g/mol. The molecule has 0 aromatic heterocycles. The van der Waals surface area contributed by atoms with Crippen LogP contribution < -0.4 is 0 Å². The molecule has 0 N–H and O–H groups in total. The molecule has 0 heterocycles. The van der Waals surface area contributed by atoms with E-state index in [0.29, 0.717) is 0 Å². The second-order valence-electron chi connectivity index (χ2n) is 2.91. The number of Topliss-reactive ketones (excluding diaryl/α,β-unsaturated/α-hetero) is 1. The van der Waals surface area contributed by atoms with E-state index in [2.05, 4.69) is 11.7 Å². The first-order valence-electron chi connectivity index (χ1n) is 4.31. The van der Waals surface area contributed by atoms with Gasteiger partial charge in [-0.2, -0.15) is 0 Å². The zero-order chi connectivity index (χ0) is 9.40. The molecule has 0 rings (SSSR count). The van der Waals surface area contributed by atoms with E-state index in [-0.39, 0.29) is 25.1 Å². The topological polar surface area (TPSA) is 35.5 Å². The zero-order valence-corrected chi connectivity index (χ0v) is 8.13. The Bertz CT molecular complexity index is 123. The van der Waals surface area contributed by atoms with E-state index < -0.39 is 0 Å². The Morgan fingerprint density at radius 2 is 2.17 bits per heavy atom. The molecule has 0 fully saturated rings. The van der Waals surface area contributed by atoms with Gasteiger partial charge in [0.1, 0.15) is 13.4 Å². The lowest BCUT2D eigenvalue weighted by Gasteiger charge is -2.08. The van der Waals surface area contributed by atoms with Gasteiger partial charge < -0.3 is 9.47 Å². The van der Waals surface area contributed by atoms with Gasteiger partial charge in [-0.25, -0.2) is 0 Å². The van der Waals surface area contributed by atoms with Crippen molar-refractivity contribution in [1.29, 1.82) is 0 Å². The molecule has 0 aromatic carbocycles. The van der Waals surface area contributed by atoms with Crippen molar-refractivity contribution in [2.45, 2.75) is 26.7 Å². The molecule has 0 spiro atoms. The molecule has 0 radical (unpaired) electrons. The summed E-state index contributed by atoms with van der Waals surface area (Å²) in [5, 5.41) is 0. The summed E-state index contributed by atoms with van der Waals surface area (Å²) in [5.74, 6) is 0.278. The van der Waals surface area contributed by atoms with E-state index in [4.69, 9.17) is 4.74 Å². The normalized spacial score (nSPS) is 12.9. The quantitative estimate of drug-likeness (QED) is 0.434. The maximum Gasteiger partial charge on any atom is 0.161 e. The molecule has 12 heavy (non-hydrogen) atoms. The summed E-state index contributed by atoms with van der Waals surface area (Å²) in [4.78, 5) is 11.2. The Hall–Kier alpha value is -0.410. The van der Waals surface area contributed by atoms with Crippen molar-refractivity contribution < 1.29 is 14.3 Å². The van der Waals surface area contributed by atoms with Crippen LogP contribution in [0.3, 0.4) is 0 Å². The van der Waals surface area contributed by atoms with Crippen LogP contribution in [0.1, 0.15) is 26.7 Å². The molecule has 1 atom stereocenters. The van der Waals surface area contributed by atoms with Crippen LogP contribution >= 0.6 is 0 Å². The summed E-state index contributed by atoms with van der Waals surface area (Å²) in [6, 6.07) is 0. The molecule has 72 valence electrons. The lowest BCUT2D eigenvalue weighted by atomic mass is 10.0. The van der Waals surface area contributed by atoms with Gasteiger partial charge >= 0.3 is 0 Å². The molecule has 0 saturated carbocycles. The van der Waals surface area contributed by atoms with Crippen molar-refractivity contribution in [2.75, 3.05) is 20.5 Å². The van der Waals surface area contributed by atoms with E-state index in [0.717, 1.165) is 12.8 Å². The third kappa shape index (κ3) is 5.27. The van der Waals surface area contributed by atoms with Crippen LogP contribution in [0.4, 0.5) is 0 Å². The van der Waals surface area contributed by atoms with E-state index in [9.17, 15) is 4.79 Å². The monoisotopic (exact) mass is 174 g/mol. The molecule has 0 aliphatic rings. The van der Waals surface area contributed by atoms with Crippen LogP contribution in [0, 0.1) is 5.92 Å². The minimum absolute atomic E-state index is 0.117. The molecule has 3 heteroatoms. The Labute approximate surface area is 74.0 Å². The number of methoxy groups -OCH3 is 1. The van der Waals surface area contributed by atoms with Crippen molar-refractivity contribution in [2.24, 2.45) is 5.92 Å². The largest absolute Gasteiger partial charge is 0.359 e. The minimum Gasteiger partial charge on any atom is -0.359 e. The summed E-state index contributed by atoms with van der Waals surface area (Å²) in [5.41, 5.74) is 0. The van der Waals surface area contributed by atoms with Gasteiger partial charge in [-0.1, -0.05) is 20.3 Å². The first kappa shape index (κ1) is 11.6. The number of carbonyl (C=O) groups is 1. The second kappa shape index (κ2) is 7.25. The lowest BCUT2D eigenvalue weighted by Crippen LogP contribution is -2.17. The summed E-state index contributed by atoms with van der Waals surface area (Å²) in [7, 11) is 1.54. The number of hydrogen-bond acceptors (Lipinski definition) is 3. The van der Waals surface area contributed by atoms with Crippen molar-refractivity contribution in [3.8, 4) is 0 Å². The molecule has 0 saturated heterocycles. The first-order chi connectivity index (χ1) is 5.72. The molecule has 0 aromatic rings. The van der Waals surface area contributed by atoms with Gasteiger partial charge in [0.25, 0.3) is 0 Å². The summed E-state index contributed by atoms with van der Waals surface area (Å²) >= 11 is 0. The Morgan fingerprint density at radius 1 is 1.50 bits per heavy atom. The zero-order valence-electron chi connectivity index (χ0n) is 8.13. The highest BCUT2D eigenvalue weighted by Crippen LogP contribution is 2.06. The summed E-state index contributed by atoms with van der Waals surface area (Å²) in [6.45, 7) is 4.38. The molecule has 0 bridgehead atoms. The third-order valence-corrected chi connectivity index (χ3v) is 1.72. The smallest absolute Gasteiger partial charge is 0.161 e. The fraction of sp³-hybridized carbons (Fsp3) is 0.889. The highest BCUT2D eigenvalue weighted by Gasteiger charge is 2.10. The number of ketones is 1. The van der Waals surface area contributed by atoms with Crippen LogP contribution in [0.25, 0.3) is 0 Å². The Kier molecular flexibility index (Phi) is 7.00. The molecular formula is C9H18O3. The molecule has 3 nitrogen and oxygen atoms in total. The van der Waals surface area contributed by atoms with E-state index in [1.807, 2.05) is 6.92 Å². The molecule has 0 aliphatic heterocycles.